The van der Waals surface area contributed by atoms with Crippen molar-refractivity contribution in [1.29, 1.82) is 0 Å². The number of imidazole rings is 1. The van der Waals surface area contributed by atoms with Crippen molar-refractivity contribution < 1.29 is 8.78 Å². The third-order valence-corrected chi connectivity index (χ3v) is 4.06. The number of aromatic amines is 1. The molecule has 0 fully saturated rings. The zero-order chi connectivity index (χ0) is 15.4. The van der Waals surface area contributed by atoms with E-state index >= 15 is 0 Å². The second-order valence-electron chi connectivity index (χ2n) is 5.94. The van der Waals surface area contributed by atoms with Gasteiger partial charge in [-0.05, 0) is 36.7 Å². The molecule has 0 radical (unpaired) electrons. The second-order valence-corrected chi connectivity index (χ2v) is 6.32. The van der Waals surface area contributed by atoms with Gasteiger partial charge in [0.25, 0.3) is 0 Å². The first kappa shape index (κ1) is 16.1. The molecule has 0 saturated carbocycles. The lowest BCUT2D eigenvalue weighted by Gasteiger charge is -2.07. The van der Waals surface area contributed by atoms with E-state index < -0.39 is 11.6 Å². The van der Waals surface area contributed by atoms with Crippen LogP contribution in [-0.4, -0.2) is 9.55 Å². The number of rotatable bonds is 7. The molecule has 0 aliphatic rings. The van der Waals surface area contributed by atoms with Crippen molar-refractivity contribution in [2.75, 3.05) is 0 Å². The van der Waals surface area contributed by atoms with Gasteiger partial charge in [-0.1, -0.05) is 39.5 Å². The van der Waals surface area contributed by atoms with E-state index in [9.17, 15) is 8.78 Å². The van der Waals surface area contributed by atoms with Gasteiger partial charge in [-0.15, -0.1) is 0 Å². The van der Waals surface area contributed by atoms with Crippen LogP contribution in [0.2, 0.25) is 0 Å². The maximum atomic E-state index is 13.9. The van der Waals surface area contributed by atoms with Crippen molar-refractivity contribution in [3.63, 3.8) is 0 Å². The Kier molecular flexibility index (Phi) is 5.51. The van der Waals surface area contributed by atoms with Gasteiger partial charge in [-0.25, -0.2) is 8.78 Å². The van der Waals surface area contributed by atoms with Crippen LogP contribution in [0, 0.1) is 22.3 Å². The average Bonchev–Trinajstić information content (AvgIpc) is 2.75. The Bertz CT molecular complexity index is 658. The average molecular weight is 312 g/mol. The molecule has 0 bridgehead atoms. The number of halogens is 2. The van der Waals surface area contributed by atoms with Crippen LogP contribution in [-0.2, 0) is 6.54 Å². The Hall–Kier alpha value is -1.23. The molecule has 21 heavy (non-hydrogen) atoms. The van der Waals surface area contributed by atoms with Gasteiger partial charge < -0.3 is 9.55 Å². The molecule has 1 aromatic heterocycles. The Labute approximate surface area is 129 Å². The van der Waals surface area contributed by atoms with Crippen molar-refractivity contribution in [1.82, 2.24) is 9.55 Å². The molecule has 0 spiro atoms. The Morgan fingerprint density at radius 3 is 2.57 bits per heavy atom. The van der Waals surface area contributed by atoms with Crippen molar-refractivity contribution in [3.8, 4) is 0 Å². The number of H-pyrrole nitrogens is 1. The van der Waals surface area contributed by atoms with E-state index in [0.717, 1.165) is 24.8 Å². The first-order chi connectivity index (χ1) is 10.0. The molecule has 2 nitrogen and oxygen atoms in total. The minimum Gasteiger partial charge on any atom is -0.330 e. The zero-order valence-corrected chi connectivity index (χ0v) is 13.4. The standard InChI is InChI=1S/C16H22F2N2S/c1-11(2)7-5-3-4-6-10-20-15-13(19-16(20)21)9-8-12(17)14(15)18/h8-9,11H,3-7,10H2,1-2H3,(H,19,21). The third-order valence-electron chi connectivity index (χ3n) is 3.74. The highest BCUT2D eigenvalue weighted by atomic mass is 32.1. The number of benzene rings is 1. The minimum absolute atomic E-state index is 0.252. The van der Waals surface area contributed by atoms with Gasteiger partial charge in [0.2, 0.25) is 0 Å². The van der Waals surface area contributed by atoms with Crippen molar-refractivity contribution in [3.05, 3.63) is 28.5 Å². The summed E-state index contributed by atoms with van der Waals surface area (Å²) in [5, 5.41) is 0. The van der Waals surface area contributed by atoms with Crippen LogP contribution < -0.4 is 0 Å². The number of hydrogen-bond acceptors (Lipinski definition) is 1. The summed E-state index contributed by atoms with van der Waals surface area (Å²) in [5.74, 6) is -0.911. The number of fused-ring (bicyclic) bond motifs is 1. The molecule has 2 aromatic rings. The topological polar surface area (TPSA) is 20.7 Å². The lowest BCUT2D eigenvalue weighted by atomic mass is 10.0. The molecule has 116 valence electrons. The maximum absolute atomic E-state index is 13.9. The van der Waals surface area contributed by atoms with E-state index in [1.807, 2.05) is 0 Å². The fourth-order valence-corrected chi connectivity index (χ4v) is 2.87. The van der Waals surface area contributed by atoms with Gasteiger partial charge in [0, 0.05) is 6.54 Å². The van der Waals surface area contributed by atoms with Gasteiger partial charge in [0.15, 0.2) is 16.4 Å². The number of nitrogens with one attached hydrogen (secondary N) is 1. The van der Waals surface area contributed by atoms with Gasteiger partial charge in [0.1, 0.15) is 5.52 Å². The first-order valence-electron chi connectivity index (χ1n) is 7.57. The maximum Gasteiger partial charge on any atom is 0.184 e. The molecule has 0 atom stereocenters. The van der Waals surface area contributed by atoms with Crippen LogP contribution in [0.25, 0.3) is 11.0 Å². The molecule has 5 heteroatoms. The molecular formula is C16H22F2N2S. The SMILES string of the molecule is CC(C)CCCCCCn1c(=S)[nH]c2ccc(F)c(F)c21. The summed E-state index contributed by atoms with van der Waals surface area (Å²) in [6.07, 6.45) is 5.64. The highest BCUT2D eigenvalue weighted by molar-refractivity contribution is 7.71. The third kappa shape index (κ3) is 3.90. The van der Waals surface area contributed by atoms with E-state index in [4.69, 9.17) is 12.2 Å². The number of aryl methyl sites for hydroxylation is 1. The molecule has 0 aliphatic carbocycles. The normalized spacial score (nSPS) is 11.7. The molecule has 0 amide bonds. The fraction of sp³-hybridized carbons (Fsp3) is 0.562. The first-order valence-corrected chi connectivity index (χ1v) is 7.98. The van der Waals surface area contributed by atoms with Crippen molar-refractivity contribution in [2.24, 2.45) is 5.92 Å². The zero-order valence-electron chi connectivity index (χ0n) is 12.6. The van der Waals surface area contributed by atoms with Gasteiger partial charge >= 0.3 is 0 Å². The highest BCUT2D eigenvalue weighted by Gasteiger charge is 2.13. The Morgan fingerprint density at radius 2 is 1.86 bits per heavy atom. The Morgan fingerprint density at radius 1 is 1.14 bits per heavy atom. The van der Waals surface area contributed by atoms with Crippen LogP contribution in [0.5, 0.6) is 0 Å². The van der Waals surface area contributed by atoms with Crippen molar-refractivity contribution >= 4 is 23.3 Å². The quantitative estimate of drug-likeness (QED) is 0.522. The smallest absolute Gasteiger partial charge is 0.184 e. The van der Waals surface area contributed by atoms with Crippen LogP contribution in [0.3, 0.4) is 0 Å². The monoisotopic (exact) mass is 312 g/mol. The van der Waals surface area contributed by atoms with Crippen LogP contribution in [0.4, 0.5) is 8.78 Å². The lowest BCUT2D eigenvalue weighted by Crippen LogP contribution is -2.01. The number of unbranched alkanes of at least 4 members (excludes halogenated alkanes) is 3. The van der Waals surface area contributed by atoms with Crippen LogP contribution >= 0.6 is 12.2 Å². The van der Waals surface area contributed by atoms with E-state index in [1.165, 1.54) is 25.3 Å². The van der Waals surface area contributed by atoms with Crippen LogP contribution in [0.1, 0.15) is 46.0 Å². The molecule has 1 aromatic carbocycles. The van der Waals surface area contributed by atoms with Gasteiger partial charge in [-0.2, -0.15) is 0 Å². The van der Waals surface area contributed by atoms with Crippen LogP contribution in [0.15, 0.2) is 12.1 Å². The largest absolute Gasteiger partial charge is 0.330 e. The van der Waals surface area contributed by atoms with Gasteiger partial charge in [-0.3, -0.25) is 0 Å². The molecule has 1 heterocycles. The molecule has 1 N–H and O–H groups in total. The fourth-order valence-electron chi connectivity index (χ4n) is 2.58. The second kappa shape index (κ2) is 7.16. The highest BCUT2D eigenvalue weighted by Crippen LogP contribution is 2.21. The molecular weight excluding hydrogens is 290 g/mol. The van der Waals surface area contributed by atoms with Crippen molar-refractivity contribution in [2.45, 2.75) is 52.5 Å². The van der Waals surface area contributed by atoms with E-state index in [2.05, 4.69) is 18.8 Å². The number of nitrogens with zero attached hydrogens (tertiary/aromatic N) is 1. The minimum atomic E-state index is -0.831. The summed E-state index contributed by atoms with van der Waals surface area (Å²) in [4.78, 5) is 2.93. The number of aromatic nitrogens is 2. The van der Waals surface area contributed by atoms with Gasteiger partial charge in [0.05, 0.1) is 5.52 Å². The molecule has 2 rings (SSSR count). The predicted octanol–water partition coefficient (Wildman–Crippen LogP) is 5.58. The van der Waals surface area contributed by atoms with E-state index in [-0.39, 0.29) is 5.52 Å². The summed E-state index contributed by atoms with van der Waals surface area (Å²) in [7, 11) is 0. The summed E-state index contributed by atoms with van der Waals surface area (Å²) in [6, 6.07) is 2.65. The Balaban J connectivity index is 2.00. The van der Waals surface area contributed by atoms with E-state index in [1.54, 1.807) is 4.57 Å². The summed E-state index contributed by atoms with van der Waals surface area (Å²) in [5.41, 5.74) is 0.806. The molecule has 0 saturated heterocycles. The molecule has 0 aliphatic heterocycles. The number of hydrogen-bond donors (Lipinski definition) is 1. The molecule has 0 unspecified atom stereocenters. The summed E-state index contributed by atoms with van der Waals surface area (Å²) in [6.45, 7) is 5.08. The summed E-state index contributed by atoms with van der Waals surface area (Å²) < 4.78 is 29.4. The summed E-state index contributed by atoms with van der Waals surface area (Å²) >= 11 is 5.21. The van der Waals surface area contributed by atoms with E-state index in [0.29, 0.717) is 16.8 Å². The lowest BCUT2D eigenvalue weighted by molar-refractivity contribution is 0.497. The predicted molar refractivity (Wildman–Crippen MR) is 85.0 cm³/mol.